The largest absolute Gasteiger partial charge is 0.481 e. The van der Waals surface area contributed by atoms with E-state index in [2.05, 4.69) is 20.4 Å². The Morgan fingerprint density at radius 1 is 1.03 bits per heavy atom. The highest BCUT2D eigenvalue weighted by molar-refractivity contribution is 6.11. The van der Waals surface area contributed by atoms with E-state index in [0.717, 1.165) is 0 Å². The maximum absolute atomic E-state index is 13.3. The average Bonchev–Trinajstić information content (AvgIpc) is 3.29. The van der Waals surface area contributed by atoms with Gasteiger partial charge in [0.25, 0.3) is 5.91 Å². The third-order valence-corrected chi connectivity index (χ3v) is 4.43. The number of aliphatic hydroxyl groups excluding tert-OH is 1. The van der Waals surface area contributed by atoms with Crippen LogP contribution in [0.1, 0.15) is 10.4 Å². The molecule has 1 amide bonds. The number of anilines is 1. The summed E-state index contributed by atoms with van der Waals surface area (Å²) >= 11 is 0. The number of para-hydroxylation sites is 1. The Morgan fingerprint density at radius 2 is 1.72 bits per heavy atom. The molecular weight excluding hydrogens is 412 g/mol. The molecule has 2 N–H and O–H groups in total. The van der Waals surface area contributed by atoms with Gasteiger partial charge in [0.1, 0.15) is 17.9 Å². The lowest BCUT2D eigenvalue weighted by Crippen LogP contribution is -2.14. The highest BCUT2D eigenvalue weighted by atomic mass is 16.5. The Balaban J connectivity index is 1.82. The summed E-state index contributed by atoms with van der Waals surface area (Å²) in [4.78, 5) is 21.9. The molecule has 0 aliphatic carbocycles. The van der Waals surface area contributed by atoms with E-state index in [0.29, 0.717) is 16.9 Å². The number of hydrogen-bond acceptors (Lipinski definition) is 8. The summed E-state index contributed by atoms with van der Waals surface area (Å²) in [7, 11) is 1.45. The van der Waals surface area contributed by atoms with Crippen molar-refractivity contribution in [2.24, 2.45) is 0 Å². The lowest BCUT2D eigenvalue weighted by molar-refractivity contribution is 0.102. The van der Waals surface area contributed by atoms with Gasteiger partial charge in [0.2, 0.25) is 23.3 Å². The van der Waals surface area contributed by atoms with Crippen LogP contribution in [0.2, 0.25) is 0 Å². The number of aliphatic hydroxyl groups is 1. The number of rotatable bonds is 8. The van der Waals surface area contributed by atoms with Gasteiger partial charge in [0, 0.05) is 11.3 Å². The van der Waals surface area contributed by atoms with Crippen molar-refractivity contribution in [3.8, 4) is 34.6 Å². The van der Waals surface area contributed by atoms with Crippen LogP contribution in [0.25, 0.3) is 22.8 Å². The van der Waals surface area contributed by atoms with Gasteiger partial charge in [-0.1, -0.05) is 53.7 Å². The van der Waals surface area contributed by atoms with Gasteiger partial charge in [-0.15, -0.1) is 0 Å². The van der Waals surface area contributed by atoms with E-state index in [1.54, 1.807) is 12.1 Å². The van der Waals surface area contributed by atoms with E-state index >= 15 is 0 Å². The molecule has 0 aliphatic rings. The van der Waals surface area contributed by atoms with Crippen molar-refractivity contribution in [3.05, 3.63) is 72.3 Å². The second kappa shape index (κ2) is 9.71. The van der Waals surface area contributed by atoms with Gasteiger partial charge in [-0.2, -0.15) is 9.97 Å². The second-order valence-corrected chi connectivity index (χ2v) is 6.57. The molecule has 0 fully saturated rings. The number of nitrogens with zero attached hydrogens (tertiary/aromatic N) is 3. The SMILES string of the molecule is COc1cc(OCCO)nc(-c2onc(-c3ccccc3)c2C(=O)Nc2ccccc2)n1. The van der Waals surface area contributed by atoms with Gasteiger partial charge >= 0.3 is 0 Å². The summed E-state index contributed by atoms with van der Waals surface area (Å²) in [5.41, 5.74) is 1.82. The lowest BCUT2D eigenvalue weighted by atomic mass is 10.0. The third-order valence-electron chi connectivity index (χ3n) is 4.43. The van der Waals surface area contributed by atoms with E-state index < -0.39 is 5.91 Å². The number of hydrogen-bond donors (Lipinski definition) is 2. The average molecular weight is 432 g/mol. The predicted octanol–water partition coefficient (Wildman–Crippen LogP) is 3.43. The maximum Gasteiger partial charge on any atom is 0.262 e. The Hall–Kier alpha value is -4.24. The summed E-state index contributed by atoms with van der Waals surface area (Å²) < 4.78 is 16.2. The first kappa shape index (κ1) is 21.0. The topological polar surface area (TPSA) is 120 Å². The molecular formula is C23H20N4O5. The van der Waals surface area contributed by atoms with E-state index in [1.165, 1.54) is 13.2 Å². The minimum absolute atomic E-state index is 0.0344. The number of nitrogens with one attached hydrogen (secondary N) is 1. The fourth-order valence-corrected chi connectivity index (χ4v) is 3.00. The number of ether oxygens (including phenoxy) is 2. The summed E-state index contributed by atoms with van der Waals surface area (Å²) in [5.74, 6) is 0.0498. The van der Waals surface area contributed by atoms with Crippen LogP contribution < -0.4 is 14.8 Å². The van der Waals surface area contributed by atoms with Crippen molar-refractivity contribution in [2.45, 2.75) is 0 Å². The molecule has 2 heterocycles. The van der Waals surface area contributed by atoms with E-state index in [1.807, 2.05) is 48.5 Å². The number of carbonyl (C=O) groups is 1. The summed E-state index contributed by atoms with van der Waals surface area (Å²) in [6.45, 7) is -0.153. The van der Waals surface area contributed by atoms with E-state index in [4.69, 9.17) is 19.1 Å². The smallest absolute Gasteiger partial charge is 0.262 e. The van der Waals surface area contributed by atoms with Gasteiger partial charge in [-0.3, -0.25) is 4.79 Å². The Labute approximate surface area is 183 Å². The summed E-state index contributed by atoms with van der Waals surface area (Å²) in [6.07, 6.45) is 0. The molecule has 0 atom stereocenters. The predicted molar refractivity (Wildman–Crippen MR) is 116 cm³/mol. The highest BCUT2D eigenvalue weighted by Gasteiger charge is 2.28. The van der Waals surface area contributed by atoms with Crippen molar-refractivity contribution in [1.29, 1.82) is 0 Å². The zero-order valence-corrected chi connectivity index (χ0v) is 17.2. The van der Waals surface area contributed by atoms with Crippen LogP contribution in [-0.4, -0.2) is 46.5 Å². The quantitative estimate of drug-likeness (QED) is 0.435. The fraction of sp³-hybridized carbons (Fsp3) is 0.130. The Morgan fingerprint density at radius 3 is 2.41 bits per heavy atom. The molecule has 4 aromatic rings. The van der Waals surface area contributed by atoms with Crippen molar-refractivity contribution in [2.75, 3.05) is 25.6 Å². The zero-order valence-electron chi connectivity index (χ0n) is 17.2. The van der Waals surface area contributed by atoms with Crippen LogP contribution in [0, 0.1) is 0 Å². The number of benzene rings is 2. The van der Waals surface area contributed by atoms with Gasteiger partial charge in [-0.05, 0) is 12.1 Å². The van der Waals surface area contributed by atoms with Crippen LogP contribution >= 0.6 is 0 Å². The van der Waals surface area contributed by atoms with Crippen molar-refractivity contribution >= 4 is 11.6 Å². The monoisotopic (exact) mass is 432 g/mol. The molecule has 0 spiro atoms. The minimum Gasteiger partial charge on any atom is -0.481 e. The van der Waals surface area contributed by atoms with Crippen LogP contribution in [0.5, 0.6) is 11.8 Å². The Kier molecular flexibility index (Phi) is 6.38. The van der Waals surface area contributed by atoms with Crippen LogP contribution in [0.4, 0.5) is 5.69 Å². The third kappa shape index (κ3) is 4.57. The van der Waals surface area contributed by atoms with Crippen molar-refractivity contribution < 1.29 is 23.9 Å². The number of amides is 1. The molecule has 32 heavy (non-hydrogen) atoms. The molecule has 0 saturated heterocycles. The molecule has 0 radical (unpaired) electrons. The summed E-state index contributed by atoms with van der Waals surface area (Å²) in [6, 6.07) is 19.7. The fourth-order valence-electron chi connectivity index (χ4n) is 3.00. The Bertz CT molecular complexity index is 1200. The molecule has 9 heteroatoms. The molecule has 0 saturated carbocycles. The second-order valence-electron chi connectivity index (χ2n) is 6.57. The molecule has 0 unspecified atom stereocenters. The molecule has 2 aromatic heterocycles. The van der Waals surface area contributed by atoms with Crippen LogP contribution in [0.3, 0.4) is 0 Å². The van der Waals surface area contributed by atoms with Gasteiger partial charge < -0.3 is 24.4 Å². The standard InChI is InChI=1S/C23H20N4O5/c1-30-17-14-18(31-13-12-28)26-22(25-17)21-19(23(29)24-16-10-6-3-7-11-16)20(27-32-21)15-8-4-2-5-9-15/h2-11,14,28H,12-13H2,1H3,(H,24,29). The van der Waals surface area contributed by atoms with Gasteiger partial charge in [0.05, 0.1) is 19.8 Å². The van der Waals surface area contributed by atoms with Crippen LogP contribution in [-0.2, 0) is 0 Å². The first-order chi connectivity index (χ1) is 15.7. The maximum atomic E-state index is 13.3. The first-order valence-electron chi connectivity index (χ1n) is 9.78. The van der Waals surface area contributed by atoms with Crippen LogP contribution in [0.15, 0.2) is 71.3 Å². The normalized spacial score (nSPS) is 10.6. The molecule has 0 bridgehead atoms. The van der Waals surface area contributed by atoms with E-state index in [9.17, 15) is 4.79 Å². The zero-order chi connectivity index (χ0) is 22.3. The van der Waals surface area contributed by atoms with Gasteiger partial charge in [0.15, 0.2) is 0 Å². The number of aromatic nitrogens is 3. The van der Waals surface area contributed by atoms with Crippen molar-refractivity contribution in [1.82, 2.24) is 15.1 Å². The van der Waals surface area contributed by atoms with E-state index in [-0.39, 0.29) is 42.1 Å². The minimum atomic E-state index is -0.435. The number of carbonyl (C=O) groups excluding carboxylic acids is 1. The van der Waals surface area contributed by atoms with Crippen molar-refractivity contribution in [3.63, 3.8) is 0 Å². The number of methoxy groups -OCH3 is 1. The summed E-state index contributed by atoms with van der Waals surface area (Å²) in [5, 5.41) is 16.0. The first-order valence-corrected chi connectivity index (χ1v) is 9.78. The van der Waals surface area contributed by atoms with Gasteiger partial charge in [-0.25, -0.2) is 0 Å². The lowest BCUT2D eigenvalue weighted by Gasteiger charge is -2.09. The molecule has 162 valence electrons. The molecule has 4 rings (SSSR count). The highest BCUT2D eigenvalue weighted by Crippen LogP contribution is 2.33. The molecule has 9 nitrogen and oxygen atoms in total. The molecule has 2 aromatic carbocycles. The molecule has 0 aliphatic heterocycles.